The number of aromatic hydroxyl groups is 2. The van der Waals surface area contributed by atoms with Gasteiger partial charge in [-0.2, -0.15) is 0 Å². The molecule has 4 N–H and O–H groups in total. The Balaban J connectivity index is 1.94. The van der Waals surface area contributed by atoms with Crippen molar-refractivity contribution in [2.45, 2.75) is 64.3 Å². The molecule has 0 bridgehead atoms. The summed E-state index contributed by atoms with van der Waals surface area (Å²) in [7, 11) is 0. The van der Waals surface area contributed by atoms with Crippen molar-refractivity contribution in [1.29, 1.82) is 0 Å². The van der Waals surface area contributed by atoms with Crippen LogP contribution in [0.2, 0.25) is 0 Å². The number of rotatable bonds is 9. The van der Waals surface area contributed by atoms with Crippen LogP contribution in [0.5, 0.6) is 11.5 Å². The van der Waals surface area contributed by atoms with Gasteiger partial charge in [0.25, 0.3) is 0 Å². The Morgan fingerprint density at radius 1 is 1.13 bits per heavy atom. The number of nitrogens with two attached hydrogens (primary N) is 1. The first-order valence-corrected chi connectivity index (χ1v) is 9.14. The van der Waals surface area contributed by atoms with Crippen LogP contribution >= 0.6 is 0 Å². The van der Waals surface area contributed by atoms with Crippen molar-refractivity contribution >= 4 is 0 Å². The lowest BCUT2D eigenvalue weighted by Crippen LogP contribution is -2.40. The number of fused-ring (bicyclic) bond motifs is 1. The highest BCUT2D eigenvalue weighted by Gasteiger charge is 2.26. The first-order valence-electron chi connectivity index (χ1n) is 9.14. The minimum atomic E-state index is 0.00696. The van der Waals surface area contributed by atoms with E-state index in [1.807, 2.05) is 6.07 Å². The molecule has 1 aliphatic carbocycles. The van der Waals surface area contributed by atoms with Crippen LogP contribution in [-0.2, 0) is 12.8 Å². The van der Waals surface area contributed by atoms with Gasteiger partial charge in [0.05, 0.1) is 0 Å². The minimum absolute atomic E-state index is 0.00696. The van der Waals surface area contributed by atoms with E-state index >= 15 is 0 Å². The molecular weight excluding hydrogens is 288 g/mol. The Kier molecular flexibility index (Phi) is 7.18. The molecule has 0 aliphatic heterocycles. The molecular formula is C19H32N2O2. The fourth-order valence-electron chi connectivity index (χ4n) is 3.69. The number of phenolic OH excluding ortho intramolecular Hbond substituents is 2. The van der Waals surface area contributed by atoms with Gasteiger partial charge in [0.2, 0.25) is 0 Å². The summed E-state index contributed by atoms with van der Waals surface area (Å²) < 4.78 is 0. The van der Waals surface area contributed by atoms with Crippen molar-refractivity contribution in [2.75, 3.05) is 19.6 Å². The second-order valence-corrected chi connectivity index (χ2v) is 6.71. The van der Waals surface area contributed by atoms with Crippen LogP contribution in [0.4, 0.5) is 0 Å². The van der Waals surface area contributed by atoms with Gasteiger partial charge in [-0.25, -0.2) is 0 Å². The molecule has 1 aliphatic rings. The molecule has 0 fully saturated rings. The van der Waals surface area contributed by atoms with E-state index in [0.29, 0.717) is 6.04 Å². The van der Waals surface area contributed by atoms with Gasteiger partial charge in [-0.1, -0.05) is 25.8 Å². The molecule has 23 heavy (non-hydrogen) atoms. The van der Waals surface area contributed by atoms with Gasteiger partial charge in [-0.15, -0.1) is 0 Å². The van der Waals surface area contributed by atoms with Crippen molar-refractivity contribution in [3.8, 4) is 11.5 Å². The van der Waals surface area contributed by atoms with Gasteiger partial charge in [0.15, 0.2) is 11.5 Å². The lowest BCUT2D eigenvalue weighted by Gasteiger charge is -2.35. The van der Waals surface area contributed by atoms with Gasteiger partial charge in [-0.3, -0.25) is 0 Å². The smallest absolute Gasteiger partial charge is 0.160 e. The van der Waals surface area contributed by atoms with E-state index in [0.717, 1.165) is 50.9 Å². The highest BCUT2D eigenvalue weighted by Crippen LogP contribution is 2.36. The van der Waals surface area contributed by atoms with E-state index < -0.39 is 0 Å². The average molecular weight is 320 g/mol. The van der Waals surface area contributed by atoms with Gasteiger partial charge >= 0.3 is 0 Å². The van der Waals surface area contributed by atoms with Gasteiger partial charge < -0.3 is 20.8 Å². The molecule has 2 rings (SSSR count). The number of unbranched alkanes of at least 4 members (excludes halogenated alkanes) is 3. The van der Waals surface area contributed by atoms with Crippen molar-refractivity contribution in [3.05, 3.63) is 23.3 Å². The molecule has 0 spiro atoms. The highest BCUT2D eigenvalue weighted by molar-refractivity contribution is 5.50. The normalized spacial score (nSPS) is 17.4. The van der Waals surface area contributed by atoms with Crippen molar-refractivity contribution < 1.29 is 10.2 Å². The summed E-state index contributed by atoms with van der Waals surface area (Å²) in [5.41, 5.74) is 7.69. The monoisotopic (exact) mass is 320 g/mol. The van der Waals surface area contributed by atoms with Crippen LogP contribution in [0, 0.1) is 0 Å². The van der Waals surface area contributed by atoms with Gasteiger partial charge in [0, 0.05) is 11.6 Å². The number of benzene rings is 1. The number of nitrogens with zero attached hydrogens (tertiary/aromatic N) is 1. The van der Waals surface area contributed by atoms with E-state index in [9.17, 15) is 10.2 Å². The highest BCUT2D eigenvalue weighted by atomic mass is 16.3. The van der Waals surface area contributed by atoms with Crippen LogP contribution in [0.15, 0.2) is 12.1 Å². The number of phenols is 2. The van der Waals surface area contributed by atoms with E-state index in [1.54, 1.807) is 6.07 Å². The van der Waals surface area contributed by atoms with Crippen LogP contribution in [0.25, 0.3) is 0 Å². The van der Waals surface area contributed by atoms with Crippen LogP contribution in [0.1, 0.15) is 56.6 Å². The zero-order valence-corrected chi connectivity index (χ0v) is 14.4. The quantitative estimate of drug-likeness (QED) is 0.483. The summed E-state index contributed by atoms with van der Waals surface area (Å²) in [5, 5.41) is 19.7. The molecule has 0 amide bonds. The fraction of sp³-hybridized carbons (Fsp3) is 0.684. The molecule has 4 nitrogen and oxygen atoms in total. The van der Waals surface area contributed by atoms with Crippen LogP contribution < -0.4 is 5.73 Å². The largest absolute Gasteiger partial charge is 0.504 e. The summed E-state index contributed by atoms with van der Waals surface area (Å²) in [6.07, 6.45) is 8.93. The molecule has 0 saturated heterocycles. The van der Waals surface area contributed by atoms with Crippen molar-refractivity contribution in [2.24, 2.45) is 5.73 Å². The third-order valence-electron chi connectivity index (χ3n) is 4.97. The second-order valence-electron chi connectivity index (χ2n) is 6.71. The maximum Gasteiger partial charge on any atom is 0.160 e. The maximum absolute atomic E-state index is 10.0. The summed E-state index contributed by atoms with van der Waals surface area (Å²) in [4.78, 5) is 2.62. The molecule has 0 heterocycles. The molecule has 1 aromatic carbocycles. The predicted octanol–water partition coefficient (Wildman–Crippen LogP) is 3.19. The van der Waals surface area contributed by atoms with E-state index in [2.05, 4.69) is 11.8 Å². The van der Waals surface area contributed by atoms with Crippen LogP contribution in [0.3, 0.4) is 0 Å². The Hall–Kier alpha value is -1.26. The zero-order chi connectivity index (χ0) is 16.7. The molecule has 1 atom stereocenters. The zero-order valence-electron chi connectivity index (χ0n) is 14.4. The summed E-state index contributed by atoms with van der Waals surface area (Å²) in [5.74, 6) is 0.0947. The Labute approximate surface area is 140 Å². The van der Waals surface area contributed by atoms with Crippen LogP contribution in [-0.4, -0.2) is 40.8 Å². The average Bonchev–Trinajstić information content (AvgIpc) is 2.57. The molecule has 130 valence electrons. The Bertz CT molecular complexity index is 491. The van der Waals surface area contributed by atoms with Gasteiger partial charge in [0.1, 0.15) is 0 Å². The standard InChI is InChI=1S/C19H32N2O2/c1-2-12-21(13-6-4-3-5-11-20)16-8-9-17-15(14-16)7-10-18(22)19(17)23/h7,10,16,22-23H,2-6,8-9,11-14,20H2,1H3/t16-/m0/s1. The molecule has 0 radical (unpaired) electrons. The first-order chi connectivity index (χ1) is 11.2. The third kappa shape index (κ3) is 4.85. The molecule has 1 aromatic rings. The third-order valence-corrected chi connectivity index (χ3v) is 4.97. The molecule has 0 unspecified atom stereocenters. The van der Waals surface area contributed by atoms with E-state index in [1.165, 1.54) is 31.2 Å². The number of hydrogen-bond donors (Lipinski definition) is 3. The topological polar surface area (TPSA) is 69.7 Å². The Morgan fingerprint density at radius 3 is 2.65 bits per heavy atom. The van der Waals surface area contributed by atoms with Crippen molar-refractivity contribution in [1.82, 2.24) is 4.90 Å². The SMILES string of the molecule is CCCN(CCCCCCN)[C@H]1CCc2c(ccc(O)c2O)C1. The summed E-state index contributed by atoms with van der Waals surface area (Å²) in [6.45, 7) is 5.33. The number of hydrogen-bond acceptors (Lipinski definition) is 4. The predicted molar refractivity (Wildman–Crippen MR) is 95.0 cm³/mol. The van der Waals surface area contributed by atoms with Crippen molar-refractivity contribution in [3.63, 3.8) is 0 Å². The summed E-state index contributed by atoms with van der Waals surface area (Å²) in [6, 6.07) is 4.15. The lowest BCUT2D eigenvalue weighted by molar-refractivity contribution is 0.175. The molecule has 0 aromatic heterocycles. The lowest BCUT2D eigenvalue weighted by atomic mass is 9.86. The second kappa shape index (κ2) is 9.14. The van der Waals surface area contributed by atoms with Gasteiger partial charge in [-0.05, 0) is 69.8 Å². The Morgan fingerprint density at radius 2 is 1.91 bits per heavy atom. The first kappa shape index (κ1) is 18.1. The maximum atomic E-state index is 10.0. The fourth-order valence-corrected chi connectivity index (χ4v) is 3.69. The van der Waals surface area contributed by atoms with E-state index in [4.69, 9.17) is 5.73 Å². The summed E-state index contributed by atoms with van der Waals surface area (Å²) >= 11 is 0. The molecule has 0 saturated carbocycles. The van der Waals surface area contributed by atoms with E-state index in [-0.39, 0.29) is 11.5 Å². The minimum Gasteiger partial charge on any atom is -0.504 e. The molecule has 4 heteroatoms.